The van der Waals surface area contributed by atoms with Crippen LogP contribution in [0.25, 0.3) is 0 Å². The topological polar surface area (TPSA) is 46.2 Å². The highest BCUT2D eigenvalue weighted by Crippen LogP contribution is 2.00. The molecule has 3 nitrogen and oxygen atoms in total. The average Bonchev–Trinajstić information content (AvgIpc) is 2.02. The van der Waals surface area contributed by atoms with E-state index in [1.165, 1.54) is 6.92 Å². The van der Waals surface area contributed by atoms with Crippen LogP contribution in [0.2, 0.25) is 0 Å². The molecule has 0 saturated carbocycles. The summed E-state index contributed by atoms with van der Waals surface area (Å²) in [6.45, 7) is 2.28. The van der Waals surface area contributed by atoms with Crippen molar-refractivity contribution in [2.24, 2.45) is 0 Å². The first-order valence-corrected chi connectivity index (χ1v) is 4.45. The zero-order valence-electron chi connectivity index (χ0n) is 7.64. The highest BCUT2D eigenvalue weighted by Gasteiger charge is 1.91. The fraction of sp³-hybridized carbons (Fsp3) is 0.778. The summed E-state index contributed by atoms with van der Waals surface area (Å²) in [7, 11) is 0. The molecule has 0 atom stereocenters. The summed E-state index contributed by atoms with van der Waals surface area (Å²) in [6.07, 6.45) is 5.78. The molecule has 3 heteroatoms. The molecule has 0 heterocycles. The number of hydrogen-bond acceptors (Lipinski definition) is 2. The molecule has 12 heavy (non-hydrogen) atoms. The van der Waals surface area contributed by atoms with Gasteiger partial charge in [-0.15, -0.1) is 0 Å². The molecule has 0 radical (unpaired) electrons. The Morgan fingerprint density at radius 1 is 1.25 bits per heavy atom. The third-order valence-electron chi connectivity index (χ3n) is 1.62. The SMILES string of the molecule is CC(=O)NCCCCCCC=O. The number of nitrogens with one attached hydrogen (secondary N) is 1. The Kier molecular flexibility index (Phi) is 7.65. The van der Waals surface area contributed by atoms with Crippen LogP contribution in [0.15, 0.2) is 0 Å². The molecule has 0 unspecified atom stereocenters. The maximum Gasteiger partial charge on any atom is 0.216 e. The van der Waals surface area contributed by atoms with Gasteiger partial charge in [0.1, 0.15) is 6.29 Å². The van der Waals surface area contributed by atoms with E-state index in [1.807, 2.05) is 0 Å². The molecule has 0 aromatic carbocycles. The van der Waals surface area contributed by atoms with E-state index in [0.29, 0.717) is 6.42 Å². The molecule has 0 aliphatic carbocycles. The Bertz CT molecular complexity index is 134. The Labute approximate surface area is 73.5 Å². The van der Waals surface area contributed by atoms with E-state index in [1.54, 1.807) is 0 Å². The number of aldehydes is 1. The summed E-state index contributed by atoms with van der Waals surface area (Å²) in [6, 6.07) is 0. The van der Waals surface area contributed by atoms with Gasteiger partial charge in [0.15, 0.2) is 0 Å². The number of rotatable bonds is 7. The molecule has 0 aromatic heterocycles. The fourth-order valence-electron chi connectivity index (χ4n) is 0.971. The minimum atomic E-state index is 0.0305. The number of carbonyl (C=O) groups is 2. The second-order valence-electron chi connectivity index (χ2n) is 2.85. The third-order valence-corrected chi connectivity index (χ3v) is 1.62. The van der Waals surface area contributed by atoms with E-state index >= 15 is 0 Å². The van der Waals surface area contributed by atoms with Gasteiger partial charge < -0.3 is 10.1 Å². The molecule has 0 fully saturated rings. The van der Waals surface area contributed by atoms with Crippen LogP contribution < -0.4 is 5.32 Å². The third kappa shape index (κ3) is 9.14. The lowest BCUT2D eigenvalue weighted by Gasteiger charge is -2.00. The molecule has 0 bridgehead atoms. The van der Waals surface area contributed by atoms with Gasteiger partial charge >= 0.3 is 0 Å². The van der Waals surface area contributed by atoms with Gasteiger partial charge in [-0.2, -0.15) is 0 Å². The van der Waals surface area contributed by atoms with Gasteiger partial charge in [0, 0.05) is 19.9 Å². The highest BCUT2D eigenvalue weighted by atomic mass is 16.1. The van der Waals surface area contributed by atoms with Gasteiger partial charge in [-0.25, -0.2) is 0 Å². The second-order valence-corrected chi connectivity index (χ2v) is 2.85. The van der Waals surface area contributed by atoms with E-state index in [4.69, 9.17) is 0 Å². The Balaban J connectivity index is 2.90. The predicted octanol–water partition coefficient (Wildman–Crippen LogP) is 1.27. The van der Waals surface area contributed by atoms with Crippen LogP contribution in [-0.2, 0) is 9.59 Å². The summed E-state index contributed by atoms with van der Waals surface area (Å²) in [5.74, 6) is 0.0305. The summed E-state index contributed by atoms with van der Waals surface area (Å²) < 4.78 is 0. The average molecular weight is 171 g/mol. The van der Waals surface area contributed by atoms with Crippen LogP contribution in [0.5, 0.6) is 0 Å². The lowest BCUT2D eigenvalue weighted by atomic mass is 10.1. The zero-order chi connectivity index (χ0) is 9.23. The molecule has 0 aromatic rings. The molecule has 0 spiro atoms. The molecule has 1 amide bonds. The van der Waals surface area contributed by atoms with E-state index in [0.717, 1.165) is 38.5 Å². The smallest absolute Gasteiger partial charge is 0.216 e. The van der Waals surface area contributed by atoms with Crippen LogP contribution in [-0.4, -0.2) is 18.7 Å². The summed E-state index contributed by atoms with van der Waals surface area (Å²) in [5, 5.41) is 2.73. The van der Waals surface area contributed by atoms with Crippen molar-refractivity contribution < 1.29 is 9.59 Å². The number of unbranched alkanes of at least 4 members (excludes halogenated alkanes) is 4. The van der Waals surface area contributed by atoms with Crippen LogP contribution in [0.1, 0.15) is 39.0 Å². The van der Waals surface area contributed by atoms with Crippen LogP contribution >= 0.6 is 0 Å². The monoisotopic (exact) mass is 171 g/mol. The van der Waals surface area contributed by atoms with Crippen molar-refractivity contribution in [2.75, 3.05) is 6.54 Å². The predicted molar refractivity (Wildman–Crippen MR) is 47.8 cm³/mol. The first kappa shape index (κ1) is 11.1. The maximum atomic E-state index is 10.4. The van der Waals surface area contributed by atoms with E-state index < -0.39 is 0 Å². The summed E-state index contributed by atoms with van der Waals surface area (Å²) in [4.78, 5) is 20.3. The summed E-state index contributed by atoms with van der Waals surface area (Å²) in [5.41, 5.74) is 0. The van der Waals surface area contributed by atoms with Crippen LogP contribution in [0.4, 0.5) is 0 Å². The van der Waals surface area contributed by atoms with Crippen LogP contribution in [0.3, 0.4) is 0 Å². The number of carbonyl (C=O) groups excluding carboxylic acids is 2. The maximum absolute atomic E-state index is 10.4. The van der Waals surface area contributed by atoms with Crippen molar-refractivity contribution in [3.63, 3.8) is 0 Å². The largest absolute Gasteiger partial charge is 0.356 e. The second kappa shape index (κ2) is 8.24. The first-order valence-electron chi connectivity index (χ1n) is 4.45. The normalized spacial score (nSPS) is 9.42. The van der Waals surface area contributed by atoms with Crippen molar-refractivity contribution in [1.29, 1.82) is 0 Å². The molecule has 1 N–H and O–H groups in total. The van der Waals surface area contributed by atoms with Crippen LogP contribution in [0, 0.1) is 0 Å². The van der Waals surface area contributed by atoms with Crippen molar-refractivity contribution >= 4 is 12.2 Å². The van der Waals surface area contributed by atoms with Gasteiger partial charge in [-0.05, 0) is 12.8 Å². The Hall–Kier alpha value is -0.860. The van der Waals surface area contributed by atoms with Crippen molar-refractivity contribution in [2.45, 2.75) is 39.0 Å². The van der Waals surface area contributed by atoms with Gasteiger partial charge in [-0.1, -0.05) is 12.8 Å². The van der Waals surface area contributed by atoms with Crippen molar-refractivity contribution in [1.82, 2.24) is 5.32 Å². The lowest BCUT2D eigenvalue weighted by molar-refractivity contribution is -0.119. The van der Waals surface area contributed by atoms with Gasteiger partial charge in [-0.3, -0.25) is 4.79 Å². The standard InChI is InChI=1S/C9H17NO2/c1-9(12)10-7-5-3-2-4-6-8-11/h8H,2-7H2,1H3,(H,10,12). The molecule has 0 aliphatic rings. The first-order chi connectivity index (χ1) is 5.77. The van der Waals surface area contributed by atoms with Gasteiger partial charge in [0.2, 0.25) is 5.91 Å². The van der Waals surface area contributed by atoms with Crippen molar-refractivity contribution in [3.8, 4) is 0 Å². The molecular weight excluding hydrogens is 154 g/mol. The van der Waals surface area contributed by atoms with E-state index in [-0.39, 0.29) is 5.91 Å². The summed E-state index contributed by atoms with van der Waals surface area (Å²) >= 11 is 0. The molecule has 0 rings (SSSR count). The quantitative estimate of drug-likeness (QED) is 0.463. The number of amides is 1. The Morgan fingerprint density at radius 2 is 1.92 bits per heavy atom. The van der Waals surface area contributed by atoms with Crippen molar-refractivity contribution in [3.05, 3.63) is 0 Å². The molecule has 0 saturated heterocycles. The fourth-order valence-corrected chi connectivity index (χ4v) is 0.971. The minimum absolute atomic E-state index is 0.0305. The lowest BCUT2D eigenvalue weighted by Crippen LogP contribution is -2.20. The molecular formula is C9H17NO2. The van der Waals surface area contributed by atoms with Gasteiger partial charge in [0.25, 0.3) is 0 Å². The zero-order valence-corrected chi connectivity index (χ0v) is 7.64. The highest BCUT2D eigenvalue weighted by molar-refractivity contribution is 5.72. The Morgan fingerprint density at radius 3 is 2.50 bits per heavy atom. The number of hydrogen-bond donors (Lipinski definition) is 1. The van der Waals surface area contributed by atoms with E-state index in [9.17, 15) is 9.59 Å². The van der Waals surface area contributed by atoms with Gasteiger partial charge in [0.05, 0.1) is 0 Å². The van der Waals surface area contributed by atoms with E-state index in [2.05, 4.69) is 5.32 Å². The molecule has 70 valence electrons. The molecule has 0 aliphatic heterocycles. The minimum Gasteiger partial charge on any atom is -0.356 e.